The smallest absolute Gasteiger partial charge is 0.261 e. The molecule has 156 valence electrons. The lowest BCUT2D eigenvalue weighted by molar-refractivity contribution is -0.142. The topological polar surface area (TPSA) is 67.9 Å². The Morgan fingerprint density at radius 3 is 2.55 bits per heavy atom. The first kappa shape index (κ1) is 22.3. The van der Waals surface area contributed by atoms with E-state index in [1.165, 1.54) is 4.90 Å². The first-order valence-electron chi connectivity index (χ1n) is 9.76. The van der Waals surface area contributed by atoms with Gasteiger partial charge >= 0.3 is 0 Å². The molecule has 2 amide bonds. The molecule has 29 heavy (non-hydrogen) atoms. The number of carbonyl (C=O) groups is 2. The van der Waals surface area contributed by atoms with Gasteiger partial charge in [0.15, 0.2) is 6.61 Å². The van der Waals surface area contributed by atoms with Gasteiger partial charge in [0.1, 0.15) is 17.5 Å². The predicted octanol–water partition coefficient (Wildman–Crippen LogP) is 3.24. The van der Waals surface area contributed by atoms with Crippen LogP contribution in [0, 0.1) is 13.8 Å². The molecule has 0 fully saturated rings. The lowest BCUT2D eigenvalue weighted by Gasteiger charge is -2.29. The number of nitrogens with zero attached hydrogens (tertiary/aromatic N) is 1. The summed E-state index contributed by atoms with van der Waals surface area (Å²) in [6.45, 7) is 8.17. The standard InChI is InChI=1S/C23H30N2O4/c1-6-24-23(27)18(4)25(14-19-10-8-11-20(13-19)28-5)22(26)15-29-21-12-7-9-16(2)17(21)3/h7-13,18H,6,14-15H2,1-5H3,(H,24,27). The highest BCUT2D eigenvalue weighted by Crippen LogP contribution is 2.21. The number of nitrogens with one attached hydrogen (secondary N) is 1. The zero-order chi connectivity index (χ0) is 21.4. The van der Waals surface area contributed by atoms with Crippen LogP contribution in [0.1, 0.15) is 30.5 Å². The van der Waals surface area contributed by atoms with Crippen LogP contribution in [-0.2, 0) is 16.1 Å². The third-order valence-electron chi connectivity index (χ3n) is 4.91. The minimum atomic E-state index is -0.629. The number of amides is 2. The third-order valence-corrected chi connectivity index (χ3v) is 4.91. The van der Waals surface area contributed by atoms with E-state index in [-0.39, 0.29) is 25.0 Å². The normalized spacial score (nSPS) is 11.5. The van der Waals surface area contributed by atoms with Crippen LogP contribution < -0.4 is 14.8 Å². The highest BCUT2D eigenvalue weighted by atomic mass is 16.5. The van der Waals surface area contributed by atoms with Crippen LogP contribution in [0.5, 0.6) is 11.5 Å². The molecule has 0 aliphatic heterocycles. The van der Waals surface area contributed by atoms with E-state index >= 15 is 0 Å². The van der Waals surface area contributed by atoms with E-state index in [2.05, 4.69) is 5.32 Å². The minimum Gasteiger partial charge on any atom is -0.497 e. The van der Waals surface area contributed by atoms with Crippen molar-refractivity contribution < 1.29 is 19.1 Å². The number of carbonyl (C=O) groups excluding carboxylic acids is 2. The van der Waals surface area contributed by atoms with Gasteiger partial charge in [0.05, 0.1) is 7.11 Å². The number of aryl methyl sites for hydroxylation is 1. The highest BCUT2D eigenvalue weighted by molar-refractivity contribution is 5.87. The molecule has 6 nitrogen and oxygen atoms in total. The average molecular weight is 399 g/mol. The molecule has 0 spiro atoms. The molecular weight excluding hydrogens is 368 g/mol. The van der Waals surface area contributed by atoms with Crippen LogP contribution >= 0.6 is 0 Å². The number of benzene rings is 2. The van der Waals surface area contributed by atoms with Crippen molar-refractivity contribution in [1.29, 1.82) is 0 Å². The fourth-order valence-corrected chi connectivity index (χ4v) is 2.98. The summed E-state index contributed by atoms with van der Waals surface area (Å²) < 4.78 is 11.1. The predicted molar refractivity (Wildman–Crippen MR) is 113 cm³/mol. The van der Waals surface area contributed by atoms with Gasteiger partial charge in [-0.25, -0.2) is 0 Å². The number of methoxy groups -OCH3 is 1. The van der Waals surface area contributed by atoms with Crippen molar-refractivity contribution in [1.82, 2.24) is 10.2 Å². The molecule has 6 heteroatoms. The van der Waals surface area contributed by atoms with Crippen LogP contribution in [-0.4, -0.2) is 43.0 Å². The molecule has 0 aliphatic carbocycles. The van der Waals surface area contributed by atoms with Gasteiger partial charge in [0, 0.05) is 13.1 Å². The van der Waals surface area contributed by atoms with Crippen molar-refractivity contribution in [2.45, 2.75) is 40.3 Å². The number of likely N-dealkylation sites (N-methyl/N-ethyl adjacent to an activating group) is 1. The molecule has 0 bridgehead atoms. The minimum absolute atomic E-state index is 0.141. The first-order valence-corrected chi connectivity index (χ1v) is 9.76. The van der Waals surface area contributed by atoms with Gasteiger partial charge in [0.2, 0.25) is 5.91 Å². The van der Waals surface area contributed by atoms with Crippen LogP contribution in [0.3, 0.4) is 0 Å². The maximum absolute atomic E-state index is 13.0. The highest BCUT2D eigenvalue weighted by Gasteiger charge is 2.26. The third kappa shape index (κ3) is 5.98. The Kier molecular flexibility index (Phi) is 8.07. The van der Waals surface area contributed by atoms with E-state index in [1.807, 2.05) is 63.2 Å². The summed E-state index contributed by atoms with van der Waals surface area (Å²) in [5, 5.41) is 2.78. The number of rotatable bonds is 9. The van der Waals surface area contributed by atoms with Gasteiger partial charge in [-0.15, -0.1) is 0 Å². The second kappa shape index (κ2) is 10.5. The Labute approximate surface area is 172 Å². The molecule has 2 aromatic carbocycles. The summed E-state index contributed by atoms with van der Waals surface area (Å²) in [5.74, 6) is 0.917. The SMILES string of the molecule is CCNC(=O)C(C)N(Cc1cccc(OC)c1)C(=O)COc1cccc(C)c1C. The van der Waals surface area contributed by atoms with Crippen molar-refractivity contribution >= 4 is 11.8 Å². The number of hydrogen-bond acceptors (Lipinski definition) is 4. The fraction of sp³-hybridized carbons (Fsp3) is 0.391. The van der Waals surface area contributed by atoms with E-state index in [9.17, 15) is 9.59 Å². The van der Waals surface area contributed by atoms with E-state index < -0.39 is 6.04 Å². The van der Waals surface area contributed by atoms with Crippen molar-refractivity contribution in [3.05, 3.63) is 59.2 Å². The Morgan fingerprint density at radius 2 is 1.86 bits per heavy atom. The fourth-order valence-electron chi connectivity index (χ4n) is 2.98. The van der Waals surface area contributed by atoms with Gasteiger partial charge in [-0.3, -0.25) is 9.59 Å². The van der Waals surface area contributed by atoms with Crippen molar-refractivity contribution in [3.8, 4) is 11.5 Å². The Hall–Kier alpha value is -3.02. The Morgan fingerprint density at radius 1 is 1.14 bits per heavy atom. The second-order valence-electron chi connectivity index (χ2n) is 6.93. The summed E-state index contributed by atoms with van der Waals surface area (Å²) in [6.07, 6.45) is 0. The zero-order valence-electron chi connectivity index (χ0n) is 17.8. The Bertz CT molecular complexity index is 851. The summed E-state index contributed by atoms with van der Waals surface area (Å²) in [7, 11) is 1.59. The summed E-state index contributed by atoms with van der Waals surface area (Å²) in [6, 6.07) is 12.6. The van der Waals surface area contributed by atoms with Gasteiger partial charge < -0.3 is 19.7 Å². The monoisotopic (exact) mass is 398 g/mol. The molecule has 1 atom stereocenters. The van der Waals surface area contributed by atoms with Gasteiger partial charge in [-0.05, 0) is 62.6 Å². The zero-order valence-corrected chi connectivity index (χ0v) is 17.8. The van der Waals surface area contributed by atoms with Crippen molar-refractivity contribution in [3.63, 3.8) is 0 Å². The number of hydrogen-bond donors (Lipinski definition) is 1. The molecule has 2 rings (SSSR count). The molecule has 1 N–H and O–H groups in total. The van der Waals surface area contributed by atoms with Crippen LogP contribution in [0.15, 0.2) is 42.5 Å². The van der Waals surface area contributed by atoms with Gasteiger partial charge in [-0.1, -0.05) is 24.3 Å². The molecule has 0 saturated carbocycles. The van der Waals surface area contributed by atoms with Crippen molar-refractivity contribution in [2.24, 2.45) is 0 Å². The van der Waals surface area contributed by atoms with Crippen LogP contribution in [0.4, 0.5) is 0 Å². The molecule has 0 heterocycles. The van der Waals surface area contributed by atoms with Gasteiger partial charge in [-0.2, -0.15) is 0 Å². The molecule has 0 saturated heterocycles. The number of ether oxygens (including phenoxy) is 2. The van der Waals surface area contributed by atoms with E-state index in [1.54, 1.807) is 14.0 Å². The maximum Gasteiger partial charge on any atom is 0.261 e. The lowest BCUT2D eigenvalue weighted by atomic mass is 10.1. The summed E-state index contributed by atoms with van der Waals surface area (Å²) >= 11 is 0. The van der Waals surface area contributed by atoms with E-state index in [0.717, 1.165) is 16.7 Å². The quantitative estimate of drug-likeness (QED) is 0.704. The summed E-state index contributed by atoms with van der Waals surface area (Å²) in [5.41, 5.74) is 2.97. The molecule has 0 aromatic heterocycles. The lowest BCUT2D eigenvalue weighted by Crippen LogP contribution is -2.49. The van der Waals surface area contributed by atoms with E-state index in [0.29, 0.717) is 18.0 Å². The van der Waals surface area contributed by atoms with Crippen molar-refractivity contribution in [2.75, 3.05) is 20.3 Å². The largest absolute Gasteiger partial charge is 0.497 e. The molecule has 1 unspecified atom stereocenters. The van der Waals surface area contributed by atoms with Gasteiger partial charge in [0.25, 0.3) is 5.91 Å². The molecule has 0 radical (unpaired) electrons. The average Bonchev–Trinajstić information content (AvgIpc) is 2.72. The summed E-state index contributed by atoms with van der Waals surface area (Å²) in [4.78, 5) is 26.9. The van der Waals surface area contributed by atoms with E-state index in [4.69, 9.17) is 9.47 Å². The molecular formula is C23H30N2O4. The molecule has 2 aromatic rings. The van der Waals surface area contributed by atoms with Crippen LogP contribution in [0.2, 0.25) is 0 Å². The Balaban J connectivity index is 2.19. The maximum atomic E-state index is 13.0. The second-order valence-corrected chi connectivity index (χ2v) is 6.93. The first-order chi connectivity index (χ1) is 13.9. The van der Waals surface area contributed by atoms with Crippen LogP contribution in [0.25, 0.3) is 0 Å². The molecule has 0 aliphatic rings.